The first kappa shape index (κ1) is 19.0. The lowest BCUT2D eigenvalue weighted by molar-refractivity contribution is 0.0784. The number of rotatable bonds is 4. The fourth-order valence-corrected chi connectivity index (χ4v) is 5.63. The van der Waals surface area contributed by atoms with Gasteiger partial charge < -0.3 is 9.32 Å². The molecule has 2 fully saturated rings. The molecule has 2 aliphatic rings. The van der Waals surface area contributed by atoms with Gasteiger partial charge in [-0.25, -0.2) is 9.97 Å². The third-order valence-corrected chi connectivity index (χ3v) is 7.25. The Hall–Kier alpha value is -2.71. The average Bonchev–Trinajstić information content (AvgIpc) is 3.58. The predicted molar refractivity (Wildman–Crippen MR) is 119 cm³/mol. The number of amides is 1. The van der Waals surface area contributed by atoms with Crippen molar-refractivity contribution in [3.63, 3.8) is 0 Å². The Balaban J connectivity index is 1.26. The van der Waals surface area contributed by atoms with Crippen LogP contribution in [0.3, 0.4) is 0 Å². The van der Waals surface area contributed by atoms with Gasteiger partial charge in [0.15, 0.2) is 22.1 Å². The Morgan fingerprint density at radius 2 is 2.00 bits per heavy atom. The van der Waals surface area contributed by atoms with E-state index in [-0.39, 0.29) is 11.8 Å². The first-order valence-corrected chi connectivity index (χ1v) is 12.0. The standard InChI is InChI=1S/C23H25N5O2S/c29-22(27-10-3-4-11-27)20-18(28-12-13-31-23(28)25-20)15-26-9-5-6-16(14-26)21-24-17-7-1-2-8-19(17)30-21/h1-2,7-8,12-13,16H,3-6,9-11,14-15H2. The van der Waals surface area contributed by atoms with Crippen molar-refractivity contribution < 1.29 is 9.21 Å². The summed E-state index contributed by atoms with van der Waals surface area (Å²) in [5, 5.41) is 2.03. The van der Waals surface area contributed by atoms with Crippen LogP contribution in [0.25, 0.3) is 16.1 Å². The van der Waals surface area contributed by atoms with Gasteiger partial charge in [0.1, 0.15) is 5.52 Å². The summed E-state index contributed by atoms with van der Waals surface area (Å²) in [4.78, 5) is 27.9. The van der Waals surface area contributed by atoms with Crippen LogP contribution in [-0.2, 0) is 6.54 Å². The highest BCUT2D eigenvalue weighted by Crippen LogP contribution is 2.30. The Labute approximate surface area is 184 Å². The van der Waals surface area contributed by atoms with Crippen LogP contribution < -0.4 is 0 Å². The molecule has 31 heavy (non-hydrogen) atoms. The number of benzene rings is 1. The Morgan fingerprint density at radius 1 is 1.13 bits per heavy atom. The molecule has 0 radical (unpaired) electrons. The second-order valence-corrected chi connectivity index (χ2v) is 9.43. The molecular weight excluding hydrogens is 410 g/mol. The number of carbonyl (C=O) groups is 1. The van der Waals surface area contributed by atoms with Gasteiger partial charge in [-0.3, -0.25) is 14.1 Å². The maximum Gasteiger partial charge on any atom is 0.274 e. The van der Waals surface area contributed by atoms with Crippen LogP contribution >= 0.6 is 11.3 Å². The van der Waals surface area contributed by atoms with Crippen molar-refractivity contribution in [3.05, 3.63) is 53.1 Å². The van der Waals surface area contributed by atoms with Gasteiger partial charge in [-0.05, 0) is 44.4 Å². The lowest BCUT2D eigenvalue weighted by Crippen LogP contribution is -2.35. The molecule has 0 bridgehead atoms. The van der Waals surface area contributed by atoms with Gasteiger partial charge in [-0.1, -0.05) is 12.1 Å². The summed E-state index contributed by atoms with van der Waals surface area (Å²) < 4.78 is 8.16. The first-order chi connectivity index (χ1) is 15.3. The van der Waals surface area contributed by atoms with Crippen molar-refractivity contribution in [1.82, 2.24) is 24.2 Å². The van der Waals surface area contributed by atoms with E-state index in [2.05, 4.69) is 9.30 Å². The van der Waals surface area contributed by atoms with Crippen LogP contribution in [0, 0.1) is 0 Å². The zero-order chi connectivity index (χ0) is 20.8. The van der Waals surface area contributed by atoms with Gasteiger partial charge in [0.05, 0.1) is 5.69 Å². The summed E-state index contributed by atoms with van der Waals surface area (Å²) in [5.74, 6) is 1.17. The Morgan fingerprint density at radius 3 is 2.87 bits per heavy atom. The first-order valence-electron chi connectivity index (χ1n) is 11.1. The molecule has 0 N–H and O–H groups in total. The van der Waals surface area contributed by atoms with Crippen LogP contribution in [0.2, 0.25) is 0 Å². The van der Waals surface area contributed by atoms with E-state index in [0.717, 1.165) is 79.5 Å². The zero-order valence-corrected chi connectivity index (χ0v) is 18.2. The molecule has 1 atom stereocenters. The highest BCUT2D eigenvalue weighted by Gasteiger charge is 2.30. The maximum atomic E-state index is 13.2. The quantitative estimate of drug-likeness (QED) is 0.482. The molecule has 3 aromatic heterocycles. The van der Waals surface area contributed by atoms with E-state index in [1.165, 1.54) is 0 Å². The molecular formula is C23H25N5O2S. The number of para-hydroxylation sites is 2. The van der Waals surface area contributed by atoms with E-state index in [4.69, 9.17) is 14.4 Å². The third-order valence-electron chi connectivity index (χ3n) is 6.50. The highest BCUT2D eigenvalue weighted by atomic mass is 32.1. The maximum absolute atomic E-state index is 13.2. The van der Waals surface area contributed by atoms with Gasteiger partial charge >= 0.3 is 0 Å². The van der Waals surface area contributed by atoms with Gasteiger partial charge in [0.2, 0.25) is 0 Å². The summed E-state index contributed by atoms with van der Waals surface area (Å²) in [6, 6.07) is 7.95. The number of thiazole rings is 1. The van der Waals surface area contributed by atoms with E-state index in [1.54, 1.807) is 11.3 Å². The van der Waals surface area contributed by atoms with Crippen molar-refractivity contribution in [2.24, 2.45) is 0 Å². The number of hydrogen-bond donors (Lipinski definition) is 0. The van der Waals surface area contributed by atoms with Gasteiger partial charge in [0.25, 0.3) is 5.91 Å². The predicted octanol–water partition coefficient (Wildman–Crippen LogP) is 4.15. The molecule has 4 aromatic rings. The van der Waals surface area contributed by atoms with E-state index in [0.29, 0.717) is 12.2 Å². The Kier molecular flexibility index (Phi) is 4.76. The molecule has 1 unspecified atom stereocenters. The minimum Gasteiger partial charge on any atom is -0.440 e. The lowest BCUT2D eigenvalue weighted by atomic mass is 9.97. The highest BCUT2D eigenvalue weighted by molar-refractivity contribution is 7.15. The summed E-state index contributed by atoms with van der Waals surface area (Å²) in [7, 11) is 0. The molecule has 7 nitrogen and oxygen atoms in total. The second-order valence-electron chi connectivity index (χ2n) is 8.56. The van der Waals surface area contributed by atoms with Crippen LogP contribution in [0.15, 0.2) is 40.3 Å². The molecule has 8 heteroatoms. The number of imidazole rings is 1. The second kappa shape index (κ2) is 7.76. The monoisotopic (exact) mass is 435 g/mol. The molecule has 0 saturated carbocycles. The number of carbonyl (C=O) groups excluding carboxylic acids is 1. The number of hydrogen-bond acceptors (Lipinski definition) is 6. The minimum absolute atomic E-state index is 0.0795. The molecule has 6 rings (SSSR count). The Bertz CT molecular complexity index is 1200. The molecule has 0 aliphatic carbocycles. The van der Waals surface area contributed by atoms with Crippen molar-refractivity contribution >= 4 is 33.3 Å². The molecule has 2 aliphatic heterocycles. The summed E-state index contributed by atoms with van der Waals surface area (Å²) in [5.41, 5.74) is 3.40. The van der Waals surface area contributed by atoms with Crippen LogP contribution in [0.1, 0.15) is 53.7 Å². The van der Waals surface area contributed by atoms with Gasteiger partial charge in [0, 0.05) is 43.7 Å². The lowest BCUT2D eigenvalue weighted by Gasteiger charge is -2.31. The molecule has 1 amide bonds. The normalized spacial score (nSPS) is 20.3. The summed E-state index contributed by atoms with van der Waals surface area (Å²) in [6.07, 6.45) is 6.36. The van der Waals surface area contributed by atoms with E-state index >= 15 is 0 Å². The van der Waals surface area contributed by atoms with Crippen LogP contribution in [0.5, 0.6) is 0 Å². The smallest absolute Gasteiger partial charge is 0.274 e. The minimum atomic E-state index is 0.0795. The van der Waals surface area contributed by atoms with E-state index in [9.17, 15) is 4.79 Å². The van der Waals surface area contributed by atoms with Gasteiger partial charge in [-0.2, -0.15) is 0 Å². The van der Waals surface area contributed by atoms with Crippen LogP contribution in [-0.4, -0.2) is 56.3 Å². The zero-order valence-electron chi connectivity index (χ0n) is 17.4. The van der Waals surface area contributed by atoms with Crippen LogP contribution in [0.4, 0.5) is 0 Å². The fourth-order valence-electron chi connectivity index (χ4n) is 4.90. The van der Waals surface area contributed by atoms with Crippen molar-refractivity contribution in [2.45, 2.75) is 38.1 Å². The van der Waals surface area contributed by atoms with Crippen molar-refractivity contribution in [2.75, 3.05) is 26.2 Å². The number of piperidine rings is 1. The summed E-state index contributed by atoms with van der Waals surface area (Å²) >= 11 is 1.58. The molecule has 1 aromatic carbocycles. The molecule has 2 saturated heterocycles. The SMILES string of the molecule is O=C(c1nc2sccn2c1CN1CCCC(c2nc3ccccc3o2)C1)N1CCCC1. The largest absolute Gasteiger partial charge is 0.440 e. The number of fused-ring (bicyclic) bond motifs is 2. The van der Waals surface area contributed by atoms with E-state index in [1.807, 2.05) is 40.7 Å². The fraction of sp³-hybridized carbons (Fsp3) is 0.435. The number of likely N-dealkylation sites (tertiary alicyclic amines) is 2. The summed E-state index contributed by atoms with van der Waals surface area (Å²) in [6.45, 7) is 4.27. The molecule has 0 spiro atoms. The number of nitrogens with zero attached hydrogens (tertiary/aromatic N) is 5. The molecule has 160 valence electrons. The average molecular weight is 436 g/mol. The van der Waals surface area contributed by atoms with Crippen molar-refractivity contribution in [1.29, 1.82) is 0 Å². The van der Waals surface area contributed by atoms with E-state index < -0.39 is 0 Å². The van der Waals surface area contributed by atoms with Gasteiger partial charge in [-0.15, -0.1) is 11.3 Å². The topological polar surface area (TPSA) is 66.9 Å². The van der Waals surface area contributed by atoms with Crippen molar-refractivity contribution in [3.8, 4) is 0 Å². The number of oxazole rings is 1. The third kappa shape index (κ3) is 3.43. The number of aromatic nitrogens is 3. The molecule has 5 heterocycles.